The summed E-state index contributed by atoms with van der Waals surface area (Å²) in [5.74, 6) is -2.25. The van der Waals surface area contributed by atoms with Crippen LogP contribution in [0.4, 0.5) is 0 Å². The minimum atomic E-state index is -1.53. The molecule has 0 radical (unpaired) electrons. The van der Waals surface area contributed by atoms with Gasteiger partial charge in [-0.1, -0.05) is 30.4 Å². The van der Waals surface area contributed by atoms with Crippen LogP contribution >= 0.6 is 0 Å². The van der Waals surface area contributed by atoms with Gasteiger partial charge in [-0.3, -0.25) is 29.2 Å². The highest BCUT2D eigenvalue weighted by molar-refractivity contribution is 5.91. The van der Waals surface area contributed by atoms with Gasteiger partial charge in [0.1, 0.15) is 12.1 Å². The van der Waals surface area contributed by atoms with E-state index in [0.717, 1.165) is 16.5 Å². The van der Waals surface area contributed by atoms with Gasteiger partial charge in [0.2, 0.25) is 12.0 Å². The van der Waals surface area contributed by atoms with Gasteiger partial charge in [0, 0.05) is 11.9 Å². The zero-order valence-corrected chi connectivity index (χ0v) is 23.4. The summed E-state index contributed by atoms with van der Waals surface area (Å²) in [6.07, 6.45) is 1.69. The SMILES string of the molecule is C[C@@H]1NC(=O)C([C@@H](C)O)OC(=O)C(C)(C)/C=C/c2ccc3ccc(nc3c2)[C@@H](C)NC(=O)[C@@H]2CCCN(N2)C1=O. The van der Waals surface area contributed by atoms with E-state index in [1.54, 1.807) is 26.0 Å². The molecular formula is C29H37N5O6. The van der Waals surface area contributed by atoms with E-state index in [1.165, 1.54) is 18.9 Å². The molecule has 3 amide bonds. The van der Waals surface area contributed by atoms with Crippen molar-refractivity contribution in [3.8, 4) is 0 Å². The fourth-order valence-corrected chi connectivity index (χ4v) is 4.62. The van der Waals surface area contributed by atoms with Crippen LogP contribution in [-0.4, -0.2) is 69.6 Å². The minimum absolute atomic E-state index is 0.269. The standard InChI is InChI=1S/C29H37N5O6/c1-16-21-11-10-20-9-8-19(15-23(20)32-21)12-13-29(4,5)28(39)40-24(18(3)35)26(37)31-17(2)27(38)34-14-6-7-22(33-34)25(36)30-16/h8-13,15-18,22,24,33,35H,6-7,14H2,1-5H3,(H,30,36)(H,31,37)/b13-12+/t16-,17+,18-,22+,24?/m1/s1. The van der Waals surface area contributed by atoms with E-state index in [0.29, 0.717) is 25.1 Å². The number of carbonyl (C=O) groups is 4. The van der Waals surface area contributed by atoms with Crippen LogP contribution in [-0.2, 0) is 23.9 Å². The number of ether oxygens (including phenoxy) is 1. The van der Waals surface area contributed by atoms with E-state index >= 15 is 0 Å². The third kappa shape index (κ3) is 6.48. The number of rotatable bonds is 1. The molecule has 11 nitrogen and oxygen atoms in total. The number of nitrogens with one attached hydrogen (secondary N) is 3. The zero-order chi connectivity index (χ0) is 29.2. The van der Waals surface area contributed by atoms with Crippen molar-refractivity contribution in [2.24, 2.45) is 5.41 Å². The van der Waals surface area contributed by atoms with Crippen LogP contribution in [0.2, 0.25) is 0 Å². The van der Waals surface area contributed by atoms with Crippen molar-refractivity contribution in [1.82, 2.24) is 26.1 Å². The number of aliphatic hydroxyl groups excluding tert-OH is 1. The molecule has 214 valence electrons. The number of cyclic esters (lactones) is 1. The second-order valence-electron chi connectivity index (χ2n) is 11.1. The molecule has 1 aromatic heterocycles. The molecule has 1 fully saturated rings. The Bertz CT molecular complexity index is 1340. The molecule has 4 N–H and O–H groups in total. The smallest absolute Gasteiger partial charge is 0.316 e. The molecule has 3 heterocycles. The number of amides is 3. The molecule has 2 aliphatic heterocycles. The first-order valence-corrected chi connectivity index (χ1v) is 13.5. The summed E-state index contributed by atoms with van der Waals surface area (Å²) in [7, 11) is 0. The van der Waals surface area contributed by atoms with Gasteiger partial charge in [-0.05, 0) is 65.2 Å². The maximum absolute atomic E-state index is 13.1. The third-order valence-corrected chi connectivity index (χ3v) is 7.19. The molecule has 0 saturated carbocycles. The Morgan fingerprint density at radius 3 is 2.48 bits per heavy atom. The quantitative estimate of drug-likeness (QED) is 0.392. The first kappa shape index (κ1) is 29.2. The maximum Gasteiger partial charge on any atom is 0.316 e. The van der Waals surface area contributed by atoms with Crippen molar-refractivity contribution in [2.75, 3.05) is 6.54 Å². The molecule has 0 spiro atoms. The number of aliphatic hydroxyl groups is 1. The van der Waals surface area contributed by atoms with Crippen molar-refractivity contribution in [3.63, 3.8) is 0 Å². The van der Waals surface area contributed by atoms with Crippen molar-refractivity contribution in [2.45, 2.75) is 77.8 Å². The molecule has 1 saturated heterocycles. The van der Waals surface area contributed by atoms with Crippen LogP contribution in [0.1, 0.15) is 64.8 Å². The Labute approximate surface area is 233 Å². The highest BCUT2D eigenvalue weighted by atomic mass is 16.6. The van der Waals surface area contributed by atoms with Gasteiger partial charge in [-0.2, -0.15) is 0 Å². The molecule has 2 aromatic rings. The Morgan fingerprint density at radius 2 is 1.75 bits per heavy atom. The third-order valence-electron chi connectivity index (χ3n) is 7.19. The van der Waals surface area contributed by atoms with Crippen LogP contribution < -0.4 is 16.1 Å². The lowest BCUT2D eigenvalue weighted by Gasteiger charge is -2.35. The van der Waals surface area contributed by atoms with Crippen LogP contribution in [0.3, 0.4) is 0 Å². The number of esters is 1. The lowest BCUT2D eigenvalue weighted by molar-refractivity contribution is -0.168. The van der Waals surface area contributed by atoms with Crippen LogP contribution in [0.5, 0.6) is 0 Å². The summed E-state index contributed by atoms with van der Waals surface area (Å²) in [6.45, 7) is 8.31. The molecule has 40 heavy (non-hydrogen) atoms. The van der Waals surface area contributed by atoms with Crippen molar-refractivity contribution in [1.29, 1.82) is 0 Å². The molecule has 1 aromatic carbocycles. The van der Waals surface area contributed by atoms with Gasteiger partial charge in [0.05, 0.1) is 28.8 Å². The van der Waals surface area contributed by atoms with Crippen molar-refractivity contribution >= 4 is 40.7 Å². The average molecular weight is 552 g/mol. The number of fused-ring (bicyclic) bond motifs is 4. The highest BCUT2D eigenvalue weighted by Gasteiger charge is 2.37. The first-order valence-electron chi connectivity index (χ1n) is 13.5. The molecule has 1 unspecified atom stereocenters. The number of aromatic nitrogens is 1. The van der Waals surface area contributed by atoms with E-state index in [4.69, 9.17) is 9.72 Å². The van der Waals surface area contributed by atoms with Gasteiger partial charge in [0.15, 0.2) is 0 Å². The van der Waals surface area contributed by atoms with Gasteiger partial charge >= 0.3 is 5.97 Å². The maximum atomic E-state index is 13.1. The zero-order valence-electron chi connectivity index (χ0n) is 23.4. The second-order valence-corrected chi connectivity index (χ2v) is 11.1. The molecule has 2 aliphatic rings. The lowest BCUT2D eigenvalue weighted by atomic mass is 9.92. The number of hydrogen-bond donors (Lipinski definition) is 4. The van der Waals surface area contributed by atoms with Gasteiger partial charge in [0.25, 0.3) is 11.8 Å². The fourth-order valence-electron chi connectivity index (χ4n) is 4.62. The van der Waals surface area contributed by atoms with Crippen LogP contribution in [0.25, 0.3) is 17.0 Å². The van der Waals surface area contributed by atoms with Gasteiger partial charge in [-0.25, -0.2) is 5.43 Å². The normalized spacial score (nSPS) is 27.9. The predicted octanol–water partition coefficient (Wildman–Crippen LogP) is 1.76. The number of nitrogens with zero attached hydrogens (tertiary/aromatic N) is 2. The Balaban J connectivity index is 1.70. The largest absolute Gasteiger partial charge is 0.449 e. The molecule has 11 heteroatoms. The van der Waals surface area contributed by atoms with E-state index in [9.17, 15) is 24.3 Å². The Morgan fingerprint density at radius 1 is 1.05 bits per heavy atom. The summed E-state index contributed by atoms with van der Waals surface area (Å²) in [6, 6.07) is 7.45. The number of hydrazine groups is 1. The number of carbonyl (C=O) groups excluding carboxylic acids is 4. The predicted molar refractivity (Wildman–Crippen MR) is 148 cm³/mol. The van der Waals surface area contributed by atoms with Crippen molar-refractivity contribution < 1.29 is 29.0 Å². The van der Waals surface area contributed by atoms with E-state index in [-0.39, 0.29) is 11.9 Å². The molecular weight excluding hydrogens is 514 g/mol. The fraction of sp³-hybridized carbons (Fsp3) is 0.483. The monoisotopic (exact) mass is 551 g/mol. The van der Waals surface area contributed by atoms with Crippen LogP contribution in [0, 0.1) is 5.41 Å². The average Bonchev–Trinajstić information content (AvgIpc) is 2.92. The summed E-state index contributed by atoms with van der Waals surface area (Å²) in [5, 5.41) is 18.0. The summed E-state index contributed by atoms with van der Waals surface area (Å²) >= 11 is 0. The lowest BCUT2D eigenvalue weighted by Crippen LogP contribution is -2.61. The van der Waals surface area contributed by atoms with Crippen molar-refractivity contribution in [3.05, 3.63) is 47.7 Å². The van der Waals surface area contributed by atoms with E-state index in [2.05, 4.69) is 16.1 Å². The van der Waals surface area contributed by atoms with Gasteiger partial charge in [-0.15, -0.1) is 0 Å². The van der Waals surface area contributed by atoms with Crippen LogP contribution in [0.15, 0.2) is 36.4 Å². The molecule has 0 aliphatic carbocycles. The molecule has 5 atom stereocenters. The molecule has 5 bridgehead atoms. The summed E-state index contributed by atoms with van der Waals surface area (Å²) in [5.41, 5.74) is 4.03. The first-order chi connectivity index (χ1) is 18.9. The number of hydrogen-bond acceptors (Lipinski definition) is 8. The Kier molecular flexibility index (Phi) is 8.55. The summed E-state index contributed by atoms with van der Waals surface area (Å²) < 4.78 is 5.45. The van der Waals surface area contributed by atoms with E-state index < -0.39 is 47.5 Å². The second kappa shape index (κ2) is 11.7. The van der Waals surface area contributed by atoms with Gasteiger partial charge < -0.3 is 20.5 Å². The number of benzene rings is 1. The highest BCUT2D eigenvalue weighted by Crippen LogP contribution is 2.25. The summed E-state index contributed by atoms with van der Waals surface area (Å²) in [4.78, 5) is 57.1. The minimum Gasteiger partial charge on any atom is -0.449 e. The topological polar surface area (TPSA) is 150 Å². The van der Waals surface area contributed by atoms with E-state index in [1.807, 2.05) is 37.3 Å². The Hall–Kier alpha value is -3.83. The number of pyridine rings is 1. The molecule has 4 rings (SSSR count).